The predicted octanol–water partition coefficient (Wildman–Crippen LogP) is 3.15. The van der Waals surface area contributed by atoms with E-state index in [4.69, 9.17) is 5.73 Å². The first kappa shape index (κ1) is 9.41. The van der Waals surface area contributed by atoms with Gasteiger partial charge in [0, 0.05) is 5.54 Å². The minimum atomic E-state index is -0.0817. The summed E-state index contributed by atoms with van der Waals surface area (Å²) in [7, 11) is 0. The van der Waals surface area contributed by atoms with Crippen molar-refractivity contribution < 1.29 is 0 Å². The topological polar surface area (TPSA) is 26.0 Å². The first-order chi connectivity index (χ1) is 7.21. The fourth-order valence-electron chi connectivity index (χ4n) is 3.73. The van der Waals surface area contributed by atoms with Crippen LogP contribution in [0, 0.1) is 5.92 Å². The third kappa shape index (κ3) is 1.19. The molecule has 15 heavy (non-hydrogen) atoms. The highest BCUT2D eigenvalue weighted by Gasteiger charge is 2.46. The van der Waals surface area contributed by atoms with Gasteiger partial charge in [-0.2, -0.15) is 0 Å². The lowest BCUT2D eigenvalue weighted by atomic mass is 9.74. The van der Waals surface area contributed by atoms with Gasteiger partial charge >= 0.3 is 0 Å². The van der Waals surface area contributed by atoms with Crippen LogP contribution in [0.5, 0.6) is 0 Å². The SMILES string of the molecule is C[C@@]1(N)c2ccccc2[C@@H]2CCCC[C@@H]21. The normalized spacial score (nSPS) is 38.5. The fourth-order valence-corrected chi connectivity index (χ4v) is 3.73. The van der Waals surface area contributed by atoms with Crippen LogP contribution in [0.25, 0.3) is 0 Å². The van der Waals surface area contributed by atoms with Gasteiger partial charge in [0.15, 0.2) is 0 Å². The third-order valence-electron chi connectivity index (χ3n) is 4.48. The molecule has 3 atom stereocenters. The fraction of sp³-hybridized carbons (Fsp3) is 0.571. The standard InChI is InChI=1S/C14H19N/c1-14(15)12-8-4-2-6-10(12)11-7-3-5-9-13(11)14/h2,4,6,8,11,13H,3,5,7,9,15H2,1H3/t11-,13-,14+/m0/s1. The Morgan fingerprint density at radius 2 is 1.93 bits per heavy atom. The van der Waals surface area contributed by atoms with Gasteiger partial charge in [-0.3, -0.25) is 0 Å². The van der Waals surface area contributed by atoms with Gasteiger partial charge in [-0.05, 0) is 42.7 Å². The molecule has 2 N–H and O–H groups in total. The summed E-state index contributed by atoms with van der Waals surface area (Å²) in [5, 5.41) is 0. The van der Waals surface area contributed by atoms with E-state index in [9.17, 15) is 0 Å². The molecule has 0 aromatic heterocycles. The summed E-state index contributed by atoms with van der Waals surface area (Å²) in [5.74, 6) is 1.42. The Balaban J connectivity index is 2.13. The monoisotopic (exact) mass is 201 g/mol. The molecular weight excluding hydrogens is 182 g/mol. The summed E-state index contributed by atoms with van der Waals surface area (Å²) >= 11 is 0. The van der Waals surface area contributed by atoms with E-state index in [1.807, 2.05) is 0 Å². The molecule has 0 unspecified atom stereocenters. The number of benzene rings is 1. The van der Waals surface area contributed by atoms with E-state index in [0.717, 1.165) is 5.92 Å². The lowest BCUT2D eigenvalue weighted by molar-refractivity contribution is 0.222. The molecule has 80 valence electrons. The van der Waals surface area contributed by atoms with Crippen LogP contribution >= 0.6 is 0 Å². The van der Waals surface area contributed by atoms with E-state index in [1.165, 1.54) is 36.8 Å². The number of nitrogens with two attached hydrogens (primary N) is 1. The van der Waals surface area contributed by atoms with E-state index < -0.39 is 0 Å². The van der Waals surface area contributed by atoms with Crippen molar-refractivity contribution in [3.63, 3.8) is 0 Å². The Morgan fingerprint density at radius 3 is 2.80 bits per heavy atom. The van der Waals surface area contributed by atoms with Crippen molar-refractivity contribution in [1.82, 2.24) is 0 Å². The molecule has 1 fully saturated rings. The Labute approximate surface area is 91.7 Å². The van der Waals surface area contributed by atoms with Crippen molar-refractivity contribution in [2.45, 2.75) is 44.1 Å². The average Bonchev–Trinajstić information content (AvgIpc) is 2.51. The first-order valence-corrected chi connectivity index (χ1v) is 6.09. The second-order valence-electron chi connectivity index (χ2n) is 5.37. The smallest absolute Gasteiger partial charge is 0.0418 e. The van der Waals surface area contributed by atoms with Gasteiger partial charge in [0.25, 0.3) is 0 Å². The average molecular weight is 201 g/mol. The van der Waals surface area contributed by atoms with Crippen LogP contribution in [0.4, 0.5) is 0 Å². The molecule has 0 saturated heterocycles. The van der Waals surface area contributed by atoms with Gasteiger partial charge in [-0.25, -0.2) is 0 Å². The predicted molar refractivity (Wildman–Crippen MR) is 62.7 cm³/mol. The zero-order valence-electron chi connectivity index (χ0n) is 9.37. The molecule has 0 radical (unpaired) electrons. The van der Waals surface area contributed by atoms with Crippen LogP contribution in [0.3, 0.4) is 0 Å². The van der Waals surface area contributed by atoms with E-state index in [-0.39, 0.29) is 5.54 Å². The maximum atomic E-state index is 6.54. The molecule has 3 rings (SSSR count). The summed E-state index contributed by atoms with van der Waals surface area (Å²) < 4.78 is 0. The van der Waals surface area contributed by atoms with Crippen LogP contribution in [-0.2, 0) is 5.54 Å². The van der Waals surface area contributed by atoms with Crippen LogP contribution in [0.1, 0.15) is 49.7 Å². The number of hydrogen-bond acceptors (Lipinski definition) is 1. The quantitative estimate of drug-likeness (QED) is 0.685. The lowest BCUT2D eigenvalue weighted by Crippen LogP contribution is -2.39. The molecule has 2 aliphatic rings. The van der Waals surface area contributed by atoms with Crippen molar-refractivity contribution in [1.29, 1.82) is 0 Å². The largest absolute Gasteiger partial charge is 0.321 e. The van der Waals surface area contributed by atoms with Gasteiger partial charge in [0.05, 0.1) is 0 Å². The highest BCUT2D eigenvalue weighted by Crippen LogP contribution is 2.53. The minimum Gasteiger partial charge on any atom is -0.321 e. The summed E-state index contributed by atoms with van der Waals surface area (Å²) in [6.07, 6.45) is 5.40. The molecule has 1 heteroatoms. The summed E-state index contributed by atoms with van der Waals surface area (Å²) in [6.45, 7) is 2.22. The number of rotatable bonds is 0. The van der Waals surface area contributed by atoms with Gasteiger partial charge in [-0.15, -0.1) is 0 Å². The Morgan fingerprint density at radius 1 is 1.20 bits per heavy atom. The Bertz CT molecular complexity index is 381. The van der Waals surface area contributed by atoms with Crippen molar-refractivity contribution in [3.05, 3.63) is 35.4 Å². The second-order valence-corrected chi connectivity index (χ2v) is 5.37. The van der Waals surface area contributed by atoms with Crippen molar-refractivity contribution >= 4 is 0 Å². The molecule has 1 nitrogen and oxygen atoms in total. The van der Waals surface area contributed by atoms with E-state index in [1.54, 1.807) is 0 Å². The zero-order chi connectivity index (χ0) is 10.5. The molecule has 0 amide bonds. The van der Waals surface area contributed by atoms with Crippen LogP contribution in [-0.4, -0.2) is 0 Å². The van der Waals surface area contributed by atoms with Gasteiger partial charge < -0.3 is 5.73 Å². The molecule has 1 aromatic carbocycles. The van der Waals surface area contributed by atoms with Crippen molar-refractivity contribution in [3.8, 4) is 0 Å². The van der Waals surface area contributed by atoms with Crippen molar-refractivity contribution in [2.24, 2.45) is 11.7 Å². The highest BCUT2D eigenvalue weighted by atomic mass is 14.8. The molecule has 0 bridgehead atoms. The molecule has 0 heterocycles. The Hall–Kier alpha value is -0.820. The van der Waals surface area contributed by atoms with Crippen molar-refractivity contribution in [2.75, 3.05) is 0 Å². The summed E-state index contributed by atoms with van der Waals surface area (Å²) in [5.41, 5.74) is 9.40. The van der Waals surface area contributed by atoms with Gasteiger partial charge in [0.2, 0.25) is 0 Å². The minimum absolute atomic E-state index is 0.0817. The first-order valence-electron chi connectivity index (χ1n) is 6.09. The molecular formula is C14H19N. The Kier molecular flexibility index (Phi) is 1.93. The summed E-state index contributed by atoms with van der Waals surface area (Å²) in [4.78, 5) is 0. The van der Waals surface area contributed by atoms with Crippen LogP contribution < -0.4 is 5.73 Å². The summed E-state index contributed by atoms with van der Waals surface area (Å²) in [6, 6.07) is 8.80. The molecule has 1 saturated carbocycles. The molecule has 1 aromatic rings. The third-order valence-corrected chi connectivity index (χ3v) is 4.48. The van der Waals surface area contributed by atoms with E-state index in [2.05, 4.69) is 31.2 Å². The maximum absolute atomic E-state index is 6.54. The molecule has 2 aliphatic carbocycles. The van der Waals surface area contributed by atoms with E-state index in [0.29, 0.717) is 5.92 Å². The molecule has 0 spiro atoms. The lowest BCUT2D eigenvalue weighted by Gasteiger charge is -2.34. The van der Waals surface area contributed by atoms with E-state index >= 15 is 0 Å². The number of fused-ring (bicyclic) bond motifs is 3. The van der Waals surface area contributed by atoms with Crippen LogP contribution in [0.15, 0.2) is 24.3 Å². The second kappa shape index (κ2) is 3.08. The molecule has 0 aliphatic heterocycles. The van der Waals surface area contributed by atoms with Crippen LogP contribution in [0.2, 0.25) is 0 Å². The maximum Gasteiger partial charge on any atom is 0.0418 e. The zero-order valence-corrected chi connectivity index (χ0v) is 9.37. The number of hydrogen-bond donors (Lipinski definition) is 1. The van der Waals surface area contributed by atoms with Gasteiger partial charge in [-0.1, -0.05) is 37.1 Å². The highest BCUT2D eigenvalue weighted by molar-refractivity contribution is 5.43. The van der Waals surface area contributed by atoms with Gasteiger partial charge in [0.1, 0.15) is 0 Å².